The predicted molar refractivity (Wildman–Crippen MR) is 53.1 cm³/mol. The second-order valence-corrected chi connectivity index (χ2v) is 2.78. The largest absolute Gasteiger partial charge is 0.464 e. The smallest absolute Gasteiger partial charge is 0.305 e. The van der Waals surface area contributed by atoms with E-state index in [0.29, 0.717) is 18.4 Å². The number of oxazole rings is 1. The van der Waals surface area contributed by atoms with E-state index in [1.165, 1.54) is 0 Å². The summed E-state index contributed by atoms with van der Waals surface area (Å²) in [6.07, 6.45) is 1.59. The van der Waals surface area contributed by atoms with Gasteiger partial charge < -0.3 is 9.15 Å². The van der Waals surface area contributed by atoms with Crippen LogP contribution < -0.4 is 4.74 Å². The molecule has 1 aromatic carbocycles. The monoisotopic (exact) mass is 189 g/mol. The Bertz CT molecular complexity index is 395. The summed E-state index contributed by atoms with van der Waals surface area (Å²) in [5, 5.41) is 0. The van der Waals surface area contributed by atoms with Crippen molar-refractivity contribution < 1.29 is 9.15 Å². The highest BCUT2D eigenvalue weighted by Crippen LogP contribution is 2.22. The van der Waals surface area contributed by atoms with Crippen molar-refractivity contribution in [3.8, 4) is 17.4 Å². The number of hydrogen-bond acceptors (Lipinski definition) is 3. The van der Waals surface area contributed by atoms with Crippen LogP contribution in [0.5, 0.6) is 5.95 Å². The summed E-state index contributed by atoms with van der Waals surface area (Å²) in [7, 11) is 0. The van der Waals surface area contributed by atoms with Gasteiger partial charge in [0.1, 0.15) is 6.20 Å². The van der Waals surface area contributed by atoms with Crippen LogP contribution in [-0.4, -0.2) is 11.6 Å². The molecule has 0 radical (unpaired) electrons. The van der Waals surface area contributed by atoms with Crippen LogP contribution in [0, 0.1) is 0 Å². The van der Waals surface area contributed by atoms with E-state index in [2.05, 4.69) is 4.98 Å². The Balaban J connectivity index is 2.25. The summed E-state index contributed by atoms with van der Waals surface area (Å²) < 4.78 is 10.6. The highest BCUT2D eigenvalue weighted by atomic mass is 16.6. The van der Waals surface area contributed by atoms with Crippen LogP contribution in [0.1, 0.15) is 6.92 Å². The van der Waals surface area contributed by atoms with Gasteiger partial charge in [-0.2, -0.15) is 0 Å². The maximum Gasteiger partial charge on any atom is 0.305 e. The Labute approximate surface area is 82.3 Å². The second-order valence-electron chi connectivity index (χ2n) is 2.78. The van der Waals surface area contributed by atoms with Crippen molar-refractivity contribution in [3.63, 3.8) is 0 Å². The highest BCUT2D eigenvalue weighted by Gasteiger charge is 2.05. The number of benzene rings is 1. The Morgan fingerprint density at radius 2 is 2.07 bits per heavy atom. The molecule has 0 amide bonds. The van der Waals surface area contributed by atoms with Gasteiger partial charge in [-0.1, -0.05) is 18.2 Å². The molecule has 0 saturated heterocycles. The first-order valence-corrected chi connectivity index (χ1v) is 4.54. The summed E-state index contributed by atoms with van der Waals surface area (Å²) >= 11 is 0. The van der Waals surface area contributed by atoms with E-state index in [1.807, 2.05) is 37.3 Å². The Kier molecular flexibility index (Phi) is 2.49. The normalized spacial score (nSPS) is 10.1. The molecule has 1 aromatic heterocycles. The number of ether oxygens (including phenoxy) is 1. The Hall–Kier alpha value is -1.77. The van der Waals surface area contributed by atoms with Gasteiger partial charge in [-0.25, -0.2) is 4.98 Å². The molecule has 2 aromatic rings. The standard InChI is InChI=1S/C11H11NO2/c1-2-13-10-8-12-11(14-10)9-6-4-3-5-7-9/h3-8H,2H2,1H3. The minimum absolute atomic E-state index is 0.464. The molecular weight excluding hydrogens is 178 g/mol. The first-order chi connectivity index (χ1) is 6.90. The van der Waals surface area contributed by atoms with E-state index in [4.69, 9.17) is 9.15 Å². The third kappa shape index (κ3) is 1.76. The maximum atomic E-state index is 5.38. The zero-order chi connectivity index (χ0) is 9.80. The molecule has 0 aliphatic carbocycles. The average Bonchev–Trinajstić information content (AvgIpc) is 2.68. The van der Waals surface area contributed by atoms with Gasteiger partial charge >= 0.3 is 5.95 Å². The molecule has 0 saturated carbocycles. The van der Waals surface area contributed by atoms with Gasteiger partial charge in [0.05, 0.1) is 6.61 Å². The van der Waals surface area contributed by atoms with Gasteiger partial charge in [0, 0.05) is 5.56 Å². The molecule has 0 fully saturated rings. The molecule has 2 rings (SSSR count). The molecule has 14 heavy (non-hydrogen) atoms. The van der Waals surface area contributed by atoms with E-state index < -0.39 is 0 Å². The summed E-state index contributed by atoms with van der Waals surface area (Å²) in [5.74, 6) is 1.06. The van der Waals surface area contributed by atoms with Crippen molar-refractivity contribution in [1.82, 2.24) is 4.98 Å². The van der Waals surface area contributed by atoms with E-state index in [-0.39, 0.29) is 0 Å². The molecule has 3 heteroatoms. The zero-order valence-corrected chi connectivity index (χ0v) is 7.93. The number of rotatable bonds is 3. The fourth-order valence-electron chi connectivity index (χ4n) is 1.18. The lowest BCUT2D eigenvalue weighted by Crippen LogP contribution is -1.87. The summed E-state index contributed by atoms with van der Waals surface area (Å²) in [5.41, 5.74) is 0.957. The molecule has 0 aliphatic rings. The number of aromatic nitrogens is 1. The van der Waals surface area contributed by atoms with Crippen molar-refractivity contribution in [2.24, 2.45) is 0 Å². The predicted octanol–water partition coefficient (Wildman–Crippen LogP) is 2.74. The zero-order valence-electron chi connectivity index (χ0n) is 7.93. The Morgan fingerprint density at radius 3 is 2.79 bits per heavy atom. The minimum atomic E-state index is 0.464. The van der Waals surface area contributed by atoms with Crippen molar-refractivity contribution in [3.05, 3.63) is 36.5 Å². The molecule has 1 heterocycles. The van der Waals surface area contributed by atoms with Crippen LogP contribution in [0.3, 0.4) is 0 Å². The maximum absolute atomic E-state index is 5.38. The lowest BCUT2D eigenvalue weighted by Gasteiger charge is -1.95. The molecule has 72 valence electrons. The molecular formula is C11H11NO2. The molecule has 0 unspecified atom stereocenters. The van der Waals surface area contributed by atoms with Gasteiger partial charge in [0.2, 0.25) is 5.89 Å². The van der Waals surface area contributed by atoms with Crippen molar-refractivity contribution >= 4 is 0 Å². The molecule has 0 aliphatic heterocycles. The summed E-state index contributed by atoms with van der Waals surface area (Å²) in [6.45, 7) is 2.49. The number of nitrogens with zero attached hydrogens (tertiary/aromatic N) is 1. The van der Waals surface area contributed by atoms with Crippen LogP contribution in [-0.2, 0) is 0 Å². The topological polar surface area (TPSA) is 35.3 Å². The van der Waals surface area contributed by atoms with E-state index >= 15 is 0 Å². The van der Waals surface area contributed by atoms with E-state index in [1.54, 1.807) is 6.20 Å². The van der Waals surface area contributed by atoms with Crippen LogP contribution in [0.25, 0.3) is 11.5 Å². The minimum Gasteiger partial charge on any atom is -0.464 e. The third-order valence-corrected chi connectivity index (χ3v) is 1.79. The quantitative estimate of drug-likeness (QED) is 0.744. The van der Waals surface area contributed by atoms with Crippen LogP contribution in [0.2, 0.25) is 0 Å². The second kappa shape index (κ2) is 3.96. The molecule has 3 nitrogen and oxygen atoms in total. The molecule has 0 atom stereocenters. The van der Waals surface area contributed by atoms with Gasteiger partial charge in [-0.15, -0.1) is 0 Å². The molecule has 0 N–H and O–H groups in total. The van der Waals surface area contributed by atoms with Gasteiger partial charge in [0.25, 0.3) is 0 Å². The van der Waals surface area contributed by atoms with Crippen molar-refractivity contribution in [2.75, 3.05) is 6.61 Å². The third-order valence-electron chi connectivity index (χ3n) is 1.79. The first-order valence-electron chi connectivity index (χ1n) is 4.54. The Morgan fingerprint density at radius 1 is 1.29 bits per heavy atom. The van der Waals surface area contributed by atoms with Gasteiger partial charge in [-0.3, -0.25) is 0 Å². The average molecular weight is 189 g/mol. The number of hydrogen-bond donors (Lipinski definition) is 0. The van der Waals surface area contributed by atoms with Crippen molar-refractivity contribution in [2.45, 2.75) is 6.92 Å². The van der Waals surface area contributed by atoms with Crippen molar-refractivity contribution in [1.29, 1.82) is 0 Å². The fourth-order valence-corrected chi connectivity index (χ4v) is 1.18. The van der Waals surface area contributed by atoms with E-state index in [0.717, 1.165) is 5.56 Å². The molecule has 0 spiro atoms. The van der Waals surface area contributed by atoms with E-state index in [9.17, 15) is 0 Å². The first kappa shape index (κ1) is 8.81. The van der Waals surface area contributed by atoms with Gasteiger partial charge in [0.15, 0.2) is 0 Å². The summed E-state index contributed by atoms with van der Waals surface area (Å²) in [6, 6.07) is 9.73. The fraction of sp³-hybridized carbons (Fsp3) is 0.182. The van der Waals surface area contributed by atoms with Crippen LogP contribution in [0.15, 0.2) is 40.9 Å². The molecule has 0 bridgehead atoms. The highest BCUT2D eigenvalue weighted by molar-refractivity contribution is 5.52. The van der Waals surface area contributed by atoms with Crippen LogP contribution >= 0.6 is 0 Å². The lowest BCUT2D eigenvalue weighted by atomic mass is 10.2. The van der Waals surface area contributed by atoms with Gasteiger partial charge in [-0.05, 0) is 19.1 Å². The summed E-state index contributed by atoms with van der Waals surface area (Å²) in [4.78, 5) is 4.11. The SMILES string of the molecule is CCOc1cnc(-c2ccccc2)o1. The lowest BCUT2D eigenvalue weighted by molar-refractivity contribution is 0.260. The van der Waals surface area contributed by atoms with Crippen LogP contribution in [0.4, 0.5) is 0 Å².